The highest BCUT2D eigenvalue weighted by atomic mass is 32.2. The summed E-state index contributed by atoms with van der Waals surface area (Å²) in [6, 6.07) is 3.61. The first-order valence-electron chi connectivity index (χ1n) is 5.85. The van der Waals surface area contributed by atoms with Crippen molar-refractivity contribution in [2.45, 2.75) is 17.7 Å². The number of fused-ring (bicyclic) bond motifs is 1. The average Bonchev–Trinajstić information content (AvgIpc) is 2.78. The van der Waals surface area contributed by atoms with Crippen molar-refractivity contribution in [1.82, 2.24) is 4.98 Å². The third kappa shape index (κ3) is 3.29. The van der Waals surface area contributed by atoms with Gasteiger partial charge < -0.3 is 10.1 Å². The average molecular weight is 310 g/mol. The minimum Gasteiger partial charge on any atom is -0.494 e. The first-order valence-corrected chi connectivity index (χ1v) is 7.89. The standard InChI is InChI=1S/C13H14N2O3S2/c1-7(16)4-12(17)14-8-6-11-9(5-10(8)18-2)15-13(19-3)20-11/h5-6H,4H2,1-3H3,(H,14,17). The van der Waals surface area contributed by atoms with Gasteiger partial charge in [-0.25, -0.2) is 4.98 Å². The molecule has 2 rings (SSSR count). The van der Waals surface area contributed by atoms with Crippen LogP contribution in [0.1, 0.15) is 13.3 Å². The molecule has 0 saturated carbocycles. The molecule has 0 aliphatic heterocycles. The summed E-state index contributed by atoms with van der Waals surface area (Å²) in [6.45, 7) is 1.38. The van der Waals surface area contributed by atoms with Crippen LogP contribution in [0.2, 0.25) is 0 Å². The molecule has 0 aliphatic carbocycles. The summed E-state index contributed by atoms with van der Waals surface area (Å²) in [5, 5.41) is 2.70. The molecule has 0 aliphatic rings. The number of ketones is 1. The quantitative estimate of drug-likeness (QED) is 0.679. The molecule has 7 heteroatoms. The van der Waals surface area contributed by atoms with Crippen molar-refractivity contribution in [3.8, 4) is 5.75 Å². The van der Waals surface area contributed by atoms with Crippen LogP contribution in [0.4, 0.5) is 5.69 Å². The van der Waals surface area contributed by atoms with Gasteiger partial charge >= 0.3 is 0 Å². The minimum absolute atomic E-state index is 0.139. The molecule has 0 spiro atoms. The molecule has 0 bridgehead atoms. The summed E-state index contributed by atoms with van der Waals surface area (Å²) < 4.78 is 7.18. The van der Waals surface area contributed by atoms with E-state index in [0.29, 0.717) is 11.4 Å². The van der Waals surface area contributed by atoms with Gasteiger partial charge in [0.15, 0.2) is 4.34 Å². The van der Waals surface area contributed by atoms with Crippen molar-refractivity contribution in [3.63, 3.8) is 0 Å². The van der Waals surface area contributed by atoms with E-state index >= 15 is 0 Å². The number of ether oxygens (including phenoxy) is 1. The number of carbonyl (C=O) groups is 2. The van der Waals surface area contributed by atoms with Gasteiger partial charge in [0.1, 0.15) is 11.5 Å². The molecule has 0 unspecified atom stereocenters. The van der Waals surface area contributed by atoms with E-state index in [2.05, 4.69) is 10.3 Å². The Kier molecular flexibility index (Phi) is 4.61. The highest BCUT2D eigenvalue weighted by Gasteiger charge is 2.13. The number of carbonyl (C=O) groups excluding carboxylic acids is 2. The zero-order valence-corrected chi connectivity index (χ0v) is 13.0. The minimum atomic E-state index is -0.343. The number of hydrogen-bond acceptors (Lipinski definition) is 6. The Bertz CT molecular complexity index is 667. The number of nitrogens with zero attached hydrogens (tertiary/aromatic N) is 1. The van der Waals surface area contributed by atoms with Gasteiger partial charge in [0.05, 0.1) is 29.4 Å². The molecular formula is C13H14N2O3S2. The fraction of sp³-hybridized carbons (Fsp3) is 0.308. The van der Waals surface area contributed by atoms with E-state index in [4.69, 9.17) is 4.74 Å². The lowest BCUT2D eigenvalue weighted by molar-refractivity contribution is -0.124. The van der Waals surface area contributed by atoms with Gasteiger partial charge in [0.25, 0.3) is 0 Å². The molecule has 1 aromatic heterocycles. The Labute approximate surface area is 124 Å². The van der Waals surface area contributed by atoms with E-state index in [9.17, 15) is 9.59 Å². The molecule has 1 aromatic carbocycles. The molecule has 0 saturated heterocycles. The van der Waals surface area contributed by atoms with Crippen molar-refractivity contribution >= 4 is 50.7 Å². The van der Waals surface area contributed by atoms with E-state index in [0.717, 1.165) is 14.6 Å². The molecule has 5 nitrogen and oxygen atoms in total. The number of thiazole rings is 1. The van der Waals surface area contributed by atoms with Crippen LogP contribution < -0.4 is 10.1 Å². The maximum absolute atomic E-state index is 11.7. The van der Waals surface area contributed by atoms with Crippen molar-refractivity contribution in [1.29, 1.82) is 0 Å². The Morgan fingerprint density at radius 2 is 2.20 bits per heavy atom. The number of nitrogens with one attached hydrogen (secondary N) is 1. The number of thioether (sulfide) groups is 1. The predicted octanol–water partition coefficient (Wildman–Crippen LogP) is 2.94. The largest absolute Gasteiger partial charge is 0.494 e. The summed E-state index contributed by atoms with van der Waals surface area (Å²) in [5.74, 6) is 0.0158. The normalized spacial score (nSPS) is 10.6. The number of methoxy groups -OCH3 is 1. The summed E-state index contributed by atoms with van der Waals surface area (Å²) in [7, 11) is 1.53. The molecule has 0 radical (unpaired) electrons. The zero-order valence-electron chi connectivity index (χ0n) is 11.4. The van der Waals surface area contributed by atoms with Gasteiger partial charge in [-0.05, 0) is 19.2 Å². The van der Waals surface area contributed by atoms with Crippen molar-refractivity contribution in [2.75, 3.05) is 18.7 Å². The summed E-state index contributed by atoms with van der Waals surface area (Å²) in [6.07, 6.45) is 1.82. The Morgan fingerprint density at radius 3 is 2.80 bits per heavy atom. The lowest BCUT2D eigenvalue weighted by atomic mass is 10.2. The van der Waals surface area contributed by atoms with Gasteiger partial charge in [0, 0.05) is 6.07 Å². The van der Waals surface area contributed by atoms with Crippen LogP contribution >= 0.6 is 23.1 Å². The molecule has 0 atom stereocenters. The van der Waals surface area contributed by atoms with Crippen molar-refractivity contribution in [2.24, 2.45) is 0 Å². The fourth-order valence-electron chi connectivity index (χ4n) is 1.71. The number of Topliss-reactive ketones (excluding diaryl/α,β-unsaturated/α-hetero) is 1. The molecule has 1 amide bonds. The Hall–Kier alpha value is -1.60. The second-order valence-electron chi connectivity index (χ2n) is 4.13. The molecule has 1 N–H and O–H groups in total. The van der Waals surface area contributed by atoms with Gasteiger partial charge in [-0.1, -0.05) is 11.8 Å². The SMILES string of the molecule is COc1cc2nc(SC)sc2cc1NC(=O)CC(C)=O. The highest BCUT2D eigenvalue weighted by Crippen LogP contribution is 2.35. The van der Waals surface area contributed by atoms with E-state index in [1.807, 2.05) is 12.3 Å². The van der Waals surface area contributed by atoms with Crippen LogP contribution in [0, 0.1) is 0 Å². The number of hydrogen-bond donors (Lipinski definition) is 1. The number of amides is 1. The monoisotopic (exact) mass is 310 g/mol. The van der Waals surface area contributed by atoms with E-state index < -0.39 is 0 Å². The third-order valence-corrected chi connectivity index (χ3v) is 4.55. The van der Waals surface area contributed by atoms with Crippen LogP contribution in [0.15, 0.2) is 16.5 Å². The van der Waals surface area contributed by atoms with Crippen LogP contribution in [-0.4, -0.2) is 30.0 Å². The van der Waals surface area contributed by atoms with Crippen LogP contribution in [-0.2, 0) is 9.59 Å². The van der Waals surface area contributed by atoms with Gasteiger partial charge in [-0.15, -0.1) is 11.3 Å². The van der Waals surface area contributed by atoms with Gasteiger partial charge in [0.2, 0.25) is 5.91 Å². The summed E-state index contributed by atoms with van der Waals surface area (Å²) in [5.41, 5.74) is 1.39. The second kappa shape index (κ2) is 6.23. The topological polar surface area (TPSA) is 68.3 Å². The highest BCUT2D eigenvalue weighted by molar-refractivity contribution is 8.00. The maximum Gasteiger partial charge on any atom is 0.231 e. The Balaban J connectivity index is 2.35. The Morgan fingerprint density at radius 1 is 1.45 bits per heavy atom. The number of anilines is 1. The van der Waals surface area contributed by atoms with E-state index in [1.54, 1.807) is 29.2 Å². The van der Waals surface area contributed by atoms with Crippen molar-refractivity contribution < 1.29 is 14.3 Å². The van der Waals surface area contributed by atoms with Crippen LogP contribution in [0.5, 0.6) is 5.75 Å². The summed E-state index contributed by atoms with van der Waals surface area (Å²) in [4.78, 5) is 27.1. The molecule has 0 fully saturated rings. The van der Waals surface area contributed by atoms with Gasteiger partial charge in [-0.2, -0.15) is 0 Å². The molecule has 2 aromatic rings. The fourth-order valence-corrected chi connectivity index (χ4v) is 3.22. The number of aromatic nitrogens is 1. The lowest BCUT2D eigenvalue weighted by Crippen LogP contribution is -2.15. The van der Waals surface area contributed by atoms with E-state index in [-0.39, 0.29) is 18.1 Å². The molecular weight excluding hydrogens is 296 g/mol. The number of benzene rings is 1. The zero-order chi connectivity index (χ0) is 14.7. The molecule has 106 valence electrons. The maximum atomic E-state index is 11.7. The smallest absolute Gasteiger partial charge is 0.231 e. The molecule has 1 heterocycles. The lowest BCUT2D eigenvalue weighted by Gasteiger charge is -2.09. The van der Waals surface area contributed by atoms with Crippen LogP contribution in [0.25, 0.3) is 10.2 Å². The van der Waals surface area contributed by atoms with Crippen molar-refractivity contribution in [3.05, 3.63) is 12.1 Å². The van der Waals surface area contributed by atoms with E-state index in [1.165, 1.54) is 14.0 Å². The second-order valence-corrected chi connectivity index (χ2v) is 6.22. The first-order chi connectivity index (χ1) is 9.53. The van der Waals surface area contributed by atoms with Crippen LogP contribution in [0.3, 0.4) is 0 Å². The molecule has 20 heavy (non-hydrogen) atoms. The number of rotatable bonds is 5. The third-order valence-electron chi connectivity index (χ3n) is 2.55. The summed E-state index contributed by atoms with van der Waals surface area (Å²) >= 11 is 3.12. The van der Waals surface area contributed by atoms with Gasteiger partial charge in [-0.3, -0.25) is 9.59 Å². The predicted molar refractivity (Wildman–Crippen MR) is 81.9 cm³/mol. The first kappa shape index (κ1) is 14.8.